The Kier molecular flexibility index (Phi) is 8.84. The smallest absolute Gasteiger partial charge is 0.343 e. The number of amides is 2. The number of benzene rings is 4. The second kappa shape index (κ2) is 12.6. The number of carbonyl (C=O) groups excluding carboxylic acids is 3. The van der Waals surface area contributed by atoms with Crippen molar-refractivity contribution in [2.45, 2.75) is 6.92 Å². The maximum Gasteiger partial charge on any atom is 0.343 e. The molecule has 0 saturated carbocycles. The van der Waals surface area contributed by atoms with Gasteiger partial charge in [0, 0.05) is 15.6 Å². The summed E-state index contributed by atoms with van der Waals surface area (Å²) in [6.07, 6.45) is 1.41. The number of hydrazone groups is 1. The Morgan fingerprint density at radius 1 is 0.921 bits per heavy atom. The van der Waals surface area contributed by atoms with Crippen LogP contribution in [0, 0.1) is 0 Å². The third kappa shape index (κ3) is 6.83. The molecule has 0 fully saturated rings. The first-order valence-corrected chi connectivity index (χ1v) is 12.6. The third-order valence-electron chi connectivity index (χ3n) is 5.41. The minimum absolute atomic E-state index is 0.266. The highest BCUT2D eigenvalue weighted by atomic mass is 79.9. The van der Waals surface area contributed by atoms with E-state index in [9.17, 15) is 14.4 Å². The lowest BCUT2D eigenvalue weighted by atomic mass is 10.0. The van der Waals surface area contributed by atoms with Gasteiger partial charge in [-0.1, -0.05) is 52.3 Å². The maximum atomic E-state index is 12.8. The van der Waals surface area contributed by atoms with Gasteiger partial charge in [0.25, 0.3) is 11.8 Å². The molecule has 38 heavy (non-hydrogen) atoms. The fourth-order valence-electron chi connectivity index (χ4n) is 3.61. The summed E-state index contributed by atoms with van der Waals surface area (Å²) in [6.45, 7) is 2.14. The molecular formula is C29H24BrN3O5. The zero-order valence-corrected chi connectivity index (χ0v) is 22.0. The lowest BCUT2D eigenvalue weighted by molar-refractivity contribution is -0.120. The van der Waals surface area contributed by atoms with Crippen molar-refractivity contribution < 1.29 is 23.9 Å². The van der Waals surface area contributed by atoms with Crippen LogP contribution in [-0.4, -0.2) is 37.1 Å². The molecule has 0 unspecified atom stereocenters. The van der Waals surface area contributed by atoms with Crippen LogP contribution in [0.3, 0.4) is 0 Å². The molecular weight excluding hydrogens is 550 g/mol. The summed E-state index contributed by atoms with van der Waals surface area (Å²) in [7, 11) is 0. The van der Waals surface area contributed by atoms with E-state index in [1.165, 1.54) is 6.21 Å². The molecule has 0 heterocycles. The van der Waals surface area contributed by atoms with Crippen molar-refractivity contribution in [2.75, 3.05) is 13.2 Å². The van der Waals surface area contributed by atoms with E-state index in [0.717, 1.165) is 15.2 Å². The van der Waals surface area contributed by atoms with Crippen LogP contribution in [0.4, 0.5) is 0 Å². The first kappa shape index (κ1) is 26.6. The average molecular weight is 574 g/mol. The fourth-order valence-corrected chi connectivity index (χ4v) is 4.01. The highest BCUT2D eigenvalue weighted by Gasteiger charge is 2.14. The Labute approximate surface area is 227 Å². The normalized spacial score (nSPS) is 10.8. The van der Waals surface area contributed by atoms with Gasteiger partial charge in [0.05, 0.1) is 24.9 Å². The van der Waals surface area contributed by atoms with Gasteiger partial charge in [0.15, 0.2) is 0 Å². The molecule has 0 radical (unpaired) electrons. The predicted octanol–water partition coefficient (Wildman–Crippen LogP) is 5.10. The number of hydrogen-bond donors (Lipinski definition) is 2. The largest absolute Gasteiger partial charge is 0.494 e. The lowest BCUT2D eigenvalue weighted by Crippen LogP contribution is -2.34. The van der Waals surface area contributed by atoms with E-state index in [1.54, 1.807) is 54.6 Å². The van der Waals surface area contributed by atoms with E-state index in [-0.39, 0.29) is 18.2 Å². The van der Waals surface area contributed by atoms with E-state index >= 15 is 0 Å². The molecule has 9 heteroatoms. The van der Waals surface area contributed by atoms with Crippen molar-refractivity contribution in [3.8, 4) is 11.5 Å². The molecule has 0 bridgehead atoms. The summed E-state index contributed by atoms with van der Waals surface area (Å²) < 4.78 is 11.9. The van der Waals surface area contributed by atoms with Gasteiger partial charge in [-0.3, -0.25) is 9.59 Å². The Balaban J connectivity index is 1.46. The van der Waals surface area contributed by atoms with Crippen LogP contribution < -0.4 is 20.2 Å². The summed E-state index contributed by atoms with van der Waals surface area (Å²) in [5.74, 6) is -0.507. The van der Waals surface area contributed by atoms with Crippen molar-refractivity contribution in [1.29, 1.82) is 0 Å². The predicted molar refractivity (Wildman–Crippen MR) is 149 cm³/mol. The molecule has 4 aromatic carbocycles. The van der Waals surface area contributed by atoms with E-state index < -0.39 is 11.9 Å². The van der Waals surface area contributed by atoms with Crippen LogP contribution in [0.15, 0.2) is 94.5 Å². The molecule has 0 aliphatic carbocycles. The van der Waals surface area contributed by atoms with E-state index in [2.05, 4.69) is 31.8 Å². The number of rotatable bonds is 9. The minimum atomic E-state index is -0.544. The van der Waals surface area contributed by atoms with Crippen molar-refractivity contribution in [3.63, 3.8) is 0 Å². The quantitative estimate of drug-likeness (QED) is 0.125. The number of esters is 1. The van der Waals surface area contributed by atoms with Gasteiger partial charge >= 0.3 is 5.97 Å². The first-order chi connectivity index (χ1) is 18.4. The number of nitrogens with zero attached hydrogens (tertiary/aromatic N) is 1. The number of fused-ring (bicyclic) bond motifs is 1. The van der Waals surface area contributed by atoms with Crippen LogP contribution in [-0.2, 0) is 4.79 Å². The second-order valence-electron chi connectivity index (χ2n) is 8.03. The zero-order valence-electron chi connectivity index (χ0n) is 20.4. The summed E-state index contributed by atoms with van der Waals surface area (Å²) in [4.78, 5) is 37.3. The molecule has 2 amide bonds. The minimum Gasteiger partial charge on any atom is -0.494 e. The molecule has 4 aromatic rings. The summed E-state index contributed by atoms with van der Waals surface area (Å²) in [5, 5.41) is 8.27. The van der Waals surface area contributed by atoms with Gasteiger partial charge in [0.2, 0.25) is 0 Å². The SMILES string of the molecule is CCOc1ccc(C(=O)Oc2ccc3ccccc3c2C=NNC(=O)CNC(=O)c2cccc(Br)c2)cc1. The zero-order chi connectivity index (χ0) is 26.9. The van der Waals surface area contributed by atoms with Crippen LogP contribution >= 0.6 is 15.9 Å². The molecule has 2 N–H and O–H groups in total. The second-order valence-corrected chi connectivity index (χ2v) is 8.95. The summed E-state index contributed by atoms with van der Waals surface area (Å²) >= 11 is 3.31. The van der Waals surface area contributed by atoms with Crippen LogP contribution in [0.2, 0.25) is 0 Å². The molecule has 192 valence electrons. The average Bonchev–Trinajstić information content (AvgIpc) is 2.93. The molecule has 8 nitrogen and oxygen atoms in total. The van der Waals surface area contributed by atoms with Gasteiger partial charge < -0.3 is 14.8 Å². The monoisotopic (exact) mass is 573 g/mol. The fraction of sp³-hybridized carbons (Fsp3) is 0.103. The molecule has 0 aliphatic rings. The highest BCUT2D eigenvalue weighted by molar-refractivity contribution is 9.10. The van der Waals surface area contributed by atoms with Gasteiger partial charge in [0.1, 0.15) is 11.5 Å². The topological polar surface area (TPSA) is 106 Å². The summed E-state index contributed by atoms with van der Waals surface area (Å²) in [6, 6.07) is 24.5. The van der Waals surface area contributed by atoms with Gasteiger partial charge in [-0.2, -0.15) is 5.10 Å². The van der Waals surface area contributed by atoms with Crippen molar-refractivity contribution in [3.05, 3.63) is 106 Å². The Hall–Kier alpha value is -4.50. The molecule has 0 atom stereocenters. The number of hydrogen-bond acceptors (Lipinski definition) is 6. The maximum absolute atomic E-state index is 12.8. The van der Waals surface area contributed by atoms with Crippen LogP contribution in [0.25, 0.3) is 10.8 Å². The van der Waals surface area contributed by atoms with E-state index in [4.69, 9.17) is 9.47 Å². The first-order valence-electron chi connectivity index (χ1n) is 11.8. The van der Waals surface area contributed by atoms with Crippen LogP contribution in [0.5, 0.6) is 11.5 Å². The molecule has 0 aromatic heterocycles. The third-order valence-corrected chi connectivity index (χ3v) is 5.91. The van der Waals surface area contributed by atoms with E-state index in [1.807, 2.05) is 37.3 Å². The van der Waals surface area contributed by atoms with E-state index in [0.29, 0.717) is 29.0 Å². The summed E-state index contributed by atoms with van der Waals surface area (Å²) in [5.41, 5.74) is 3.69. The highest BCUT2D eigenvalue weighted by Crippen LogP contribution is 2.27. The number of halogens is 1. The molecule has 0 aliphatic heterocycles. The number of carbonyl (C=O) groups is 3. The van der Waals surface area contributed by atoms with Crippen molar-refractivity contribution >= 4 is 50.7 Å². The Bertz CT molecular complexity index is 1500. The number of ether oxygens (including phenoxy) is 2. The Morgan fingerprint density at radius 2 is 1.71 bits per heavy atom. The number of nitrogens with one attached hydrogen (secondary N) is 2. The van der Waals surface area contributed by atoms with Gasteiger partial charge in [-0.15, -0.1) is 0 Å². The van der Waals surface area contributed by atoms with Gasteiger partial charge in [-0.25, -0.2) is 10.2 Å². The molecule has 4 rings (SSSR count). The molecule has 0 saturated heterocycles. The standard InChI is InChI=1S/C29H24BrN3O5/c1-2-37-23-13-10-20(11-14-23)29(36)38-26-15-12-19-6-3-4-9-24(19)25(26)17-32-33-27(34)18-31-28(35)21-7-5-8-22(30)16-21/h3-17H,2,18H2,1H3,(H,31,35)(H,33,34). The lowest BCUT2D eigenvalue weighted by Gasteiger charge is -2.11. The molecule has 0 spiro atoms. The van der Waals surface area contributed by atoms with Crippen LogP contribution in [0.1, 0.15) is 33.2 Å². The van der Waals surface area contributed by atoms with Gasteiger partial charge in [-0.05, 0) is 66.2 Å². The van der Waals surface area contributed by atoms with Crippen molar-refractivity contribution in [1.82, 2.24) is 10.7 Å². The van der Waals surface area contributed by atoms with Crippen molar-refractivity contribution in [2.24, 2.45) is 5.10 Å². The Morgan fingerprint density at radius 3 is 2.47 bits per heavy atom.